The van der Waals surface area contributed by atoms with E-state index in [1.54, 1.807) is 0 Å². The topological polar surface area (TPSA) is 35.5 Å². The quantitative estimate of drug-likeness (QED) is 0.496. The second-order valence-corrected chi connectivity index (χ2v) is 9.60. The summed E-state index contributed by atoms with van der Waals surface area (Å²) < 4.78 is 11.9. The third-order valence-corrected chi connectivity index (χ3v) is 6.07. The van der Waals surface area contributed by atoms with E-state index >= 15 is 0 Å². The van der Waals surface area contributed by atoms with Crippen LogP contribution in [0.25, 0.3) is 0 Å². The van der Waals surface area contributed by atoms with Crippen LogP contribution in [-0.4, -0.2) is 11.6 Å². The third-order valence-electron chi connectivity index (χ3n) is 6.07. The number of fused-ring (bicyclic) bond motifs is 1. The summed E-state index contributed by atoms with van der Waals surface area (Å²) >= 11 is 0. The Balaban J connectivity index is 1.89. The molecule has 1 unspecified atom stereocenters. The van der Waals surface area contributed by atoms with Crippen LogP contribution in [0, 0.1) is 10.8 Å². The summed E-state index contributed by atoms with van der Waals surface area (Å²) in [5.41, 5.74) is 1.40. The fourth-order valence-electron chi connectivity index (χ4n) is 3.82. The van der Waals surface area contributed by atoms with Gasteiger partial charge in [0, 0.05) is 16.4 Å². The summed E-state index contributed by atoms with van der Waals surface area (Å²) in [5, 5.41) is 0. The maximum Gasteiger partial charge on any atom is 0.323 e. The molecule has 0 spiro atoms. The van der Waals surface area contributed by atoms with Crippen LogP contribution in [0.1, 0.15) is 65.5 Å². The maximum absolute atomic E-state index is 12.4. The Morgan fingerprint density at radius 2 is 1.37 bits per heavy atom. The first-order chi connectivity index (χ1) is 12.4. The highest BCUT2D eigenvalue weighted by Crippen LogP contribution is 2.47. The highest BCUT2D eigenvalue weighted by Gasteiger charge is 2.49. The number of hydrogen-bond donors (Lipinski definition) is 0. The summed E-state index contributed by atoms with van der Waals surface area (Å²) in [6, 6.07) is 15.5. The van der Waals surface area contributed by atoms with Crippen molar-refractivity contribution in [2.75, 3.05) is 0 Å². The Labute approximate surface area is 162 Å². The number of ether oxygens (including phenoxy) is 2. The zero-order valence-electron chi connectivity index (χ0n) is 17.4. The summed E-state index contributed by atoms with van der Waals surface area (Å²) in [6.07, 6.45) is 0. The molecule has 1 heterocycles. The van der Waals surface area contributed by atoms with Crippen LogP contribution in [-0.2, 0) is 4.79 Å². The molecule has 0 saturated carbocycles. The van der Waals surface area contributed by atoms with Crippen molar-refractivity contribution in [1.82, 2.24) is 0 Å². The standard InChI is InChI=1S/C24H30O3/c1-22(2,3)24(7,23(4,5)6)27-17-14-12-16(13-15-17)20-18-10-8-9-11-19(18)26-21(20)25/h8-15,20H,1-7H3. The molecule has 0 aromatic heterocycles. The van der Waals surface area contributed by atoms with Gasteiger partial charge in [-0.1, -0.05) is 71.9 Å². The monoisotopic (exact) mass is 366 g/mol. The molecule has 3 rings (SSSR count). The van der Waals surface area contributed by atoms with Gasteiger partial charge in [-0.05, 0) is 30.7 Å². The number of benzene rings is 2. The van der Waals surface area contributed by atoms with Gasteiger partial charge in [0.05, 0.1) is 0 Å². The molecule has 27 heavy (non-hydrogen) atoms. The molecule has 0 amide bonds. The van der Waals surface area contributed by atoms with Gasteiger partial charge in [0.15, 0.2) is 0 Å². The van der Waals surface area contributed by atoms with Crippen molar-refractivity contribution in [3.05, 3.63) is 59.7 Å². The molecular formula is C24H30O3. The Kier molecular flexibility index (Phi) is 4.62. The average Bonchev–Trinajstić information content (AvgIpc) is 2.89. The molecular weight excluding hydrogens is 336 g/mol. The molecule has 0 N–H and O–H groups in total. The van der Waals surface area contributed by atoms with Crippen LogP contribution in [0.15, 0.2) is 48.5 Å². The van der Waals surface area contributed by atoms with E-state index in [2.05, 4.69) is 48.5 Å². The van der Waals surface area contributed by atoms with Gasteiger partial charge in [-0.3, -0.25) is 4.79 Å². The molecule has 0 saturated heterocycles. The zero-order valence-corrected chi connectivity index (χ0v) is 17.4. The largest absolute Gasteiger partial charge is 0.486 e. The number of carbonyl (C=O) groups excluding carboxylic acids is 1. The van der Waals surface area contributed by atoms with Crippen LogP contribution in [0.5, 0.6) is 11.5 Å². The average molecular weight is 367 g/mol. The Morgan fingerprint density at radius 3 is 1.93 bits per heavy atom. The van der Waals surface area contributed by atoms with Crippen LogP contribution < -0.4 is 9.47 Å². The molecule has 0 bridgehead atoms. The van der Waals surface area contributed by atoms with Gasteiger partial charge < -0.3 is 9.47 Å². The molecule has 0 radical (unpaired) electrons. The SMILES string of the molecule is CC(C)(C)C(C)(Oc1ccc(C2C(=O)Oc3ccccc32)cc1)C(C)(C)C. The van der Waals surface area contributed by atoms with E-state index in [4.69, 9.17) is 9.47 Å². The number of carbonyl (C=O) groups is 1. The molecule has 0 fully saturated rings. The van der Waals surface area contributed by atoms with E-state index < -0.39 is 0 Å². The highest BCUT2D eigenvalue weighted by atomic mass is 16.5. The van der Waals surface area contributed by atoms with Gasteiger partial charge in [-0.2, -0.15) is 0 Å². The highest BCUT2D eigenvalue weighted by molar-refractivity contribution is 5.89. The Morgan fingerprint density at radius 1 is 0.815 bits per heavy atom. The van der Waals surface area contributed by atoms with Gasteiger partial charge in [0.25, 0.3) is 0 Å². The van der Waals surface area contributed by atoms with Crippen LogP contribution in [0.4, 0.5) is 0 Å². The van der Waals surface area contributed by atoms with Gasteiger partial charge in [0.2, 0.25) is 0 Å². The van der Waals surface area contributed by atoms with Gasteiger partial charge >= 0.3 is 5.97 Å². The number of esters is 1. The van der Waals surface area contributed by atoms with Crippen molar-refractivity contribution in [2.24, 2.45) is 10.8 Å². The smallest absolute Gasteiger partial charge is 0.323 e. The van der Waals surface area contributed by atoms with Crippen LogP contribution in [0.2, 0.25) is 0 Å². The van der Waals surface area contributed by atoms with Crippen molar-refractivity contribution in [3.63, 3.8) is 0 Å². The normalized spacial score (nSPS) is 17.4. The first-order valence-electron chi connectivity index (χ1n) is 9.54. The Hall–Kier alpha value is -2.29. The first kappa shape index (κ1) is 19.5. The van der Waals surface area contributed by atoms with Crippen molar-refractivity contribution in [1.29, 1.82) is 0 Å². The molecule has 2 aromatic carbocycles. The van der Waals surface area contributed by atoms with E-state index in [0.29, 0.717) is 5.75 Å². The van der Waals surface area contributed by atoms with Crippen LogP contribution in [0.3, 0.4) is 0 Å². The van der Waals surface area contributed by atoms with E-state index in [1.165, 1.54) is 0 Å². The van der Waals surface area contributed by atoms with Crippen molar-refractivity contribution < 1.29 is 14.3 Å². The molecule has 3 nitrogen and oxygen atoms in total. The fourth-order valence-corrected chi connectivity index (χ4v) is 3.82. The van der Waals surface area contributed by atoms with Gasteiger partial charge in [0.1, 0.15) is 23.0 Å². The molecule has 0 aliphatic carbocycles. The summed E-state index contributed by atoms with van der Waals surface area (Å²) in [7, 11) is 0. The Bertz CT molecular complexity index is 821. The predicted molar refractivity (Wildman–Crippen MR) is 108 cm³/mol. The van der Waals surface area contributed by atoms with Crippen molar-refractivity contribution in [3.8, 4) is 11.5 Å². The lowest BCUT2D eigenvalue weighted by atomic mass is 9.63. The lowest BCUT2D eigenvalue weighted by Crippen LogP contribution is -2.55. The molecule has 1 aliphatic heterocycles. The lowest BCUT2D eigenvalue weighted by Gasteiger charge is -2.50. The summed E-state index contributed by atoms with van der Waals surface area (Å²) in [4.78, 5) is 12.4. The molecule has 144 valence electrons. The summed E-state index contributed by atoms with van der Waals surface area (Å²) in [5.74, 6) is 0.873. The van der Waals surface area contributed by atoms with Crippen LogP contribution >= 0.6 is 0 Å². The van der Waals surface area contributed by atoms with E-state index in [1.807, 2.05) is 48.5 Å². The minimum Gasteiger partial charge on any atom is -0.486 e. The van der Waals surface area contributed by atoms with Crippen molar-refractivity contribution in [2.45, 2.75) is 60.0 Å². The summed E-state index contributed by atoms with van der Waals surface area (Å²) in [6.45, 7) is 15.4. The number of rotatable bonds is 3. The molecule has 1 atom stereocenters. The number of para-hydroxylation sites is 1. The second-order valence-electron chi connectivity index (χ2n) is 9.60. The second kappa shape index (κ2) is 6.40. The fraction of sp³-hybridized carbons (Fsp3) is 0.458. The minimum absolute atomic E-state index is 0.0435. The third kappa shape index (κ3) is 3.36. The van der Waals surface area contributed by atoms with E-state index in [9.17, 15) is 4.79 Å². The van der Waals surface area contributed by atoms with E-state index in [0.717, 1.165) is 16.9 Å². The zero-order chi connectivity index (χ0) is 20.0. The van der Waals surface area contributed by atoms with Crippen molar-refractivity contribution >= 4 is 5.97 Å². The number of hydrogen-bond acceptors (Lipinski definition) is 3. The van der Waals surface area contributed by atoms with Gasteiger partial charge in [-0.25, -0.2) is 0 Å². The predicted octanol–water partition coefficient (Wildman–Crippen LogP) is 5.97. The molecule has 1 aliphatic rings. The minimum atomic E-state index is -0.369. The molecule has 2 aromatic rings. The van der Waals surface area contributed by atoms with Gasteiger partial charge in [-0.15, -0.1) is 0 Å². The molecule has 3 heteroatoms. The van der Waals surface area contributed by atoms with E-state index in [-0.39, 0.29) is 28.3 Å². The maximum atomic E-state index is 12.4. The first-order valence-corrected chi connectivity index (χ1v) is 9.54. The lowest BCUT2D eigenvalue weighted by molar-refractivity contribution is -0.133.